The molecule has 1 unspecified atom stereocenters. The molecule has 1 atom stereocenters. The number of amides is 1. The van der Waals surface area contributed by atoms with Crippen molar-refractivity contribution in [1.29, 1.82) is 0 Å². The second kappa shape index (κ2) is 7.21. The largest absolute Gasteiger partial charge is 0.495 e. The Morgan fingerprint density at radius 1 is 1.46 bits per heavy atom. The first-order valence-corrected chi connectivity index (χ1v) is 9.81. The van der Waals surface area contributed by atoms with Crippen molar-refractivity contribution in [2.75, 3.05) is 20.2 Å². The molecule has 0 bridgehead atoms. The van der Waals surface area contributed by atoms with Gasteiger partial charge in [0, 0.05) is 35.3 Å². The third-order valence-corrected chi connectivity index (χ3v) is 6.09. The number of nitrogens with two attached hydrogens (primary N) is 1. The van der Waals surface area contributed by atoms with Crippen LogP contribution < -0.4 is 26.6 Å². The highest BCUT2D eigenvalue weighted by atomic mass is 32.1. The minimum Gasteiger partial charge on any atom is -0.495 e. The lowest BCUT2D eigenvalue weighted by atomic mass is 10.1. The maximum Gasteiger partial charge on any atom is 0.243 e. The van der Waals surface area contributed by atoms with Crippen molar-refractivity contribution in [1.82, 2.24) is 21.1 Å². The molecule has 5 N–H and O–H groups in total. The molecule has 0 radical (unpaired) electrons. The monoisotopic (exact) mass is 397 g/mol. The highest BCUT2D eigenvalue weighted by Gasteiger charge is 2.37. The third kappa shape index (κ3) is 3.10. The molecule has 2 aliphatic rings. The molecule has 3 heterocycles. The summed E-state index contributed by atoms with van der Waals surface area (Å²) in [4.78, 5) is 14.7. The summed E-state index contributed by atoms with van der Waals surface area (Å²) in [5, 5.41) is 3.97. The number of hydrogen-bond acceptors (Lipinski definition) is 7. The highest BCUT2D eigenvalue weighted by molar-refractivity contribution is 7.20. The molecule has 4 rings (SSSR count). The summed E-state index contributed by atoms with van der Waals surface area (Å²) in [5.41, 5.74) is 15.7. The standard InChI is InChI=1S/C20H23N5O2S/c1-4-16(26)22-5-6-25-10-13(17-19(21)23-24-20(17)25)15-9-12-7-11(2)8-14(27-3)18(12)28-15/h4,7-10,20,23-24H,1,5-6,21H2,2-3H3,(H,22,26). The Balaban J connectivity index is 1.68. The number of ether oxygens (including phenoxy) is 1. The average molecular weight is 398 g/mol. The Hall–Kier alpha value is -2.97. The Morgan fingerprint density at radius 3 is 3.04 bits per heavy atom. The van der Waals surface area contributed by atoms with Gasteiger partial charge in [-0.25, -0.2) is 5.43 Å². The Kier molecular flexibility index (Phi) is 4.74. The number of thiophene rings is 1. The quantitative estimate of drug-likeness (QED) is 0.556. The zero-order valence-electron chi connectivity index (χ0n) is 15.8. The number of nitrogens with zero attached hydrogens (tertiary/aromatic N) is 1. The van der Waals surface area contributed by atoms with Crippen molar-refractivity contribution >= 4 is 32.9 Å². The SMILES string of the molecule is C=CC(=O)NCCN1C=C(c2cc3cc(C)cc(OC)c3s2)C2=C(N)NNC21. The van der Waals surface area contributed by atoms with E-state index in [-0.39, 0.29) is 12.1 Å². The van der Waals surface area contributed by atoms with Crippen LogP contribution in [0.1, 0.15) is 10.4 Å². The molecular weight excluding hydrogens is 374 g/mol. The van der Waals surface area contributed by atoms with Crippen molar-refractivity contribution < 1.29 is 9.53 Å². The molecule has 0 fully saturated rings. The zero-order valence-corrected chi connectivity index (χ0v) is 16.7. The van der Waals surface area contributed by atoms with Gasteiger partial charge < -0.3 is 26.1 Å². The lowest BCUT2D eigenvalue weighted by Crippen LogP contribution is -2.45. The summed E-state index contributed by atoms with van der Waals surface area (Å²) < 4.78 is 6.69. The Bertz CT molecular complexity index is 1020. The molecule has 146 valence electrons. The van der Waals surface area contributed by atoms with Gasteiger partial charge in [-0.1, -0.05) is 12.6 Å². The Labute approximate surface area is 167 Å². The molecule has 0 aliphatic carbocycles. The number of aryl methyl sites for hydroxylation is 1. The van der Waals surface area contributed by atoms with Gasteiger partial charge in [0.05, 0.1) is 11.8 Å². The minimum absolute atomic E-state index is 0.0653. The molecule has 0 saturated heterocycles. The van der Waals surface area contributed by atoms with Gasteiger partial charge in [0.25, 0.3) is 0 Å². The molecule has 0 spiro atoms. The molecule has 1 amide bonds. The summed E-state index contributed by atoms with van der Waals surface area (Å²) >= 11 is 1.69. The number of hydrogen-bond donors (Lipinski definition) is 4. The van der Waals surface area contributed by atoms with Gasteiger partial charge in [-0.3, -0.25) is 4.79 Å². The normalized spacial score (nSPS) is 18.1. The fraction of sp³-hybridized carbons (Fsp3) is 0.250. The van der Waals surface area contributed by atoms with E-state index in [1.165, 1.54) is 6.08 Å². The molecule has 0 saturated carbocycles. The first kappa shape index (κ1) is 18.4. The summed E-state index contributed by atoms with van der Waals surface area (Å²) in [5.74, 6) is 1.33. The number of benzene rings is 1. The van der Waals surface area contributed by atoms with Crippen LogP contribution in [-0.2, 0) is 4.79 Å². The maximum atomic E-state index is 11.4. The van der Waals surface area contributed by atoms with Crippen LogP contribution in [0.4, 0.5) is 0 Å². The molecule has 2 aromatic rings. The van der Waals surface area contributed by atoms with E-state index in [9.17, 15) is 4.79 Å². The van der Waals surface area contributed by atoms with Crippen LogP contribution in [0.15, 0.2) is 48.4 Å². The second-order valence-corrected chi connectivity index (χ2v) is 7.82. The maximum absolute atomic E-state index is 11.4. The van der Waals surface area contributed by atoms with Crippen LogP contribution in [0.2, 0.25) is 0 Å². The fourth-order valence-corrected chi connectivity index (χ4v) is 4.76. The topological polar surface area (TPSA) is 91.7 Å². The molecule has 2 aliphatic heterocycles. The summed E-state index contributed by atoms with van der Waals surface area (Å²) in [7, 11) is 1.70. The predicted molar refractivity (Wildman–Crippen MR) is 112 cm³/mol. The molecule has 1 aromatic heterocycles. The summed E-state index contributed by atoms with van der Waals surface area (Å²) in [6, 6.07) is 6.39. The number of rotatable bonds is 6. The van der Waals surface area contributed by atoms with E-state index in [0.717, 1.165) is 37.4 Å². The van der Waals surface area contributed by atoms with Gasteiger partial charge in [-0.15, -0.1) is 11.3 Å². The van der Waals surface area contributed by atoms with Crippen molar-refractivity contribution in [2.45, 2.75) is 13.1 Å². The van der Waals surface area contributed by atoms with Crippen molar-refractivity contribution in [3.63, 3.8) is 0 Å². The molecule has 8 heteroatoms. The molecular formula is C20H23N5O2S. The van der Waals surface area contributed by atoms with Gasteiger partial charge >= 0.3 is 0 Å². The summed E-state index contributed by atoms with van der Waals surface area (Å²) in [6.45, 7) is 6.70. The third-order valence-electron chi connectivity index (χ3n) is 4.89. The first-order valence-electron chi connectivity index (χ1n) is 8.99. The van der Waals surface area contributed by atoms with E-state index >= 15 is 0 Å². The second-order valence-electron chi connectivity index (χ2n) is 6.77. The number of fused-ring (bicyclic) bond motifs is 2. The van der Waals surface area contributed by atoms with Crippen molar-refractivity contribution in [2.24, 2.45) is 5.73 Å². The number of methoxy groups -OCH3 is 1. The van der Waals surface area contributed by atoms with Crippen LogP contribution in [0.3, 0.4) is 0 Å². The molecule has 7 nitrogen and oxygen atoms in total. The predicted octanol–water partition coefficient (Wildman–Crippen LogP) is 1.78. The van der Waals surface area contributed by atoms with Gasteiger partial charge in [-0.05, 0) is 36.1 Å². The first-order chi connectivity index (χ1) is 13.5. The van der Waals surface area contributed by atoms with Gasteiger partial charge in [0.1, 0.15) is 17.7 Å². The number of carbonyl (C=O) groups is 1. The van der Waals surface area contributed by atoms with E-state index in [1.54, 1.807) is 18.4 Å². The number of hydrazine groups is 1. The number of carbonyl (C=O) groups excluding carboxylic acids is 1. The summed E-state index contributed by atoms with van der Waals surface area (Å²) in [6.07, 6.45) is 3.31. The highest BCUT2D eigenvalue weighted by Crippen LogP contribution is 2.43. The average Bonchev–Trinajstić information content (AvgIpc) is 3.36. The lowest BCUT2D eigenvalue weighted by molar-refractivity contribution is -0.116. The lowest BCUT2D eigenvalue weighted by Gasteiger charge is -2.23. The van der Waals surface area contributed by atoms with Crippen LogP contribution in [0.25, 0.3) is 15.7 Å². The van der Waals surface area contributed by atoms with Crippen LogP contribution >= 0.6 is 11.3 Å². The number of nitrogens with one attached hydrogen (secondary N) is 3. The minimum atomic E-state index is -0.178. The van der Waals surface area contributed by atoms with Crippen molar-refractivity contribution in [3.8, 4) is 5.75 Å². The van der Waals surface area contributed by atoms with E-state index in [4.69, 9.17) is 10.5 Å². The van der Waals surface area contributed by atoms with Gasteiger partial charge in [-0.2, -0.15) is 0 Å². The van der Waals surface area contributed by atoms with E-state index in [0.29, 0.717) is 18.9 Å². The van der Waals surface area contributed by atoms with Crippen molar-refractivity contribution in [3.05, 3.63) is 58.9 Å². The van der Waals surface area contributed by atoms with E-state index < -0.39 is 0 Å². The molecule has 1 aromatic carbocycles. The Morgan fingerprint density at radius 2 is 2.29 bits per heavy atom. The van der Waals surface area contributed by atoms with Crippen LogP contribution in [0, 0.1) is 6.92 Å². The van der Waals surface area contributed by atoms with E-state index in [2.05, 4.69) is 59.0 Å². The van der Waals surface area contributed by atoms with E-state index in [1.807, 2.05) is 0 Å². The molecule has 28 heavy (non-hydrogen) atoms. The van der Waals surface area contributed by atoms with Crippen LogP contribution in [-0.4, -0.2) is 37.2 Å². The fourth-order valence-electron chi connectivity index (χ4n) is 3.60. The zero-order chi connectivity index (χ0) is 19.8. The van der Waals surface area contributed by atoms with Crippen LogP contribution in [0.5, 0.6) is 5.75 Å². The smallest absolute Gasteiger partial charge is 0.243 e. The van der Waals surface area contributed by atoms with Gasteiger partial charge in [0.15, 0.2) is 0 Å². The van der Waals surface area contributed by atoms with Gasteiger partial charge in [0.2, 0.25) is 5.91 Å².